The quantitative estimate of drug-likeness (QED) is 0.899. The van der Waals surface area contributed by atoms with Gasteiger partial charge in [0.15, 0.2) is 5.65 Å². The molecule has 132 valence electrons. The van der Waals surface area contributed by atoms with Gasteiger partial charge in [-0.05, 0) is 31.7 Å². The Hall–Kier alpha value is -2.64. The molecule has 2 fully saturated rings. The minimum atomic E-state index is -0.00883. The predicted molar refractivity (Wildman–Crippen MR) is 91.3 cm³/mol. The average molecular weight is 342 g/mol. The summed E-state index contributed by atoms with van der Waals surface area (Å²) in [5.74, 6) is 0.447. The van der Waals surface area contributed by atoms with Crippen LogP contribution in [0.3, 0.4) is 0 Å². The molecule has 2 aliphatic heterocycles. The summed E-state index contributed by atoms with van der Waals surface area (Å²) in [7, 11) is 0. The number of amides is 3. The number of hydrogen-bond acceptors (Lipinski definition) is 4. The molecule has 0 saturated carbocycles. The van der Waals surface area contributed by atoms with Gasteiger partial charge in [0, 0.05) is 44.6 Å². The van der Waals surface area contributed by atoms with Crippen molar-refractivity contribution in [3.8, 4) is 0 Å². The van der Waals surface area contributed by atoms with E-state index in [2.05, 4.69) is 15.4 Å². The minimum absolute atomic E-state index is 0.00883. The Labute approximate surface area is 145 Å². The molecule has 2 aromatic rings. The Morgan fingerprint density at radius 1 is 1.32 bits per heavy atom. The molecule has 2 saturated heterocycles. The van der Waals surface area contributed by atoms with E-state index in [0.29, 0.717) is 30.2 Å². The van der Waals surface area contributed by atoms with E-state index in [1.54, 1.807) is 10.7 Å². The maximum absolute atomic E-state index is 12.8. The number of carbonyl (C=O) groups excluding carboxylic acids is 2. The second-order valence-corrected chi connectivity index (χ2v) is 6.81. The Kier molecular flexibility index (Phi) is 4.03. The number of aromatic nitrogens is 3. The molecule has 25 heavy (non-hydrogen) atoms. The summed E-state index contributed by atoms with van der Waals surface area (Å²) < 4.78 is 1.64. The molecule has 0 spiro atoms. The summed E-state index contributed by atoms with van der Waals surface area (Å²) >= 11 is 0. The maximum Gasteiger partial charge on any atom is 0.317 e. The number of carbonyl (C=O) groups is 2. The first-order valence-corrected chi connectivity index (χ1v) is 8.75. The lowest BCUT2D eigenvalue weighted by Gasteiger charge is -2.33. The van der Waals surface area contributed by atoms with Gasteiger partial charge in [-0.15, -0.1) is 0 Å². The molecule has 2 aromatic heterocycles. The highest BCUT2D eigenvalue weighted by atomic mass is 16.2. The van der Waals surface area contributed by atoms with E-state index < -0.39 is 0 Å². The van der Waals surface area contributed by atoms with Crippen LogP contribution < -0.4 is 5.32 Å². The summed E-state index contributed by atoms with van der Waals surface area (Å²) in [4.78, 5) is 32.7. The Bertz CT molecular complexity index is 809. The van der Waals surface area contributed by atoms with Crippen molar-refractivity contribution in [2.45, 2.75) is 19.8 Å². The third kappa shape index (κ3) is 3.04. The Balaban J connectivity index is 1.40. The number of fused-ring (bicyclic) bond motifs is 1. The van der Waals surface area contributed by atoms with E-state index in [-0.39, 0.29) is 11.9 Å². The topological polar surface area (TPSA) is 82.8 Å². The van der Waals surface area contributed by atoms with Crippen molar-refractivity contribution in [1.29, 1.82) is 0 Å². The lowest BCUT2D eigenvalue weighted by molar-refractivity contribution is 0.0679. The van der Waals surface area contributed by atoms with Crippen LogP contribution in [0.4, 0.5) is 4.79 Å². The molecule has 1 N–H and O–H groups in total. The smallest absolute Gasteiger partial charge is 0.317 e. The highest BCUT2D eigenvalue weighted by Gasteiger charge is 2.29. The van der Waals surface area contributed by atoms with Crippen LogP contribution in [0.1, 0.15) is 28.9 Å². The van der Waals surface area contributed by atoms with Crippen LogP contribution in [0, 0.1) is 12.8 Å². The zero-order chi connectivity index (χ0) is 17.4. The van der Waals surface area contributed by atoms with Gasteiger partial charge in [-0.25, -0.2) is 14.3 Å². The molecule has 0 aliphatic carbocycles. The van der Waals surface area contributed by atoms with E-state index in [4.69, 9.17) is 0 Å². The minimum Gasteiger partial charge on any atom is -0.338 e. The molecule has 4 rings (SSSR count). The maximum atomic E-state index is 12.8. The third-order valence-electron chi connectivity index (χ3n) is 5.06. The van der Waals surface area contributed by atoms with E-state index in [0.717, 1.165) is 38.2 Å². The normalized spacial score (nSPS) is 18.8. The number of likely N-dealkylation sites (tertiary alicyclic amines) is 1. The number of hydrogen-bond donors (Lipinski definition) is 1. The lowest BCUT2D eigenvalue weighted by atomic mass is 9.96. The number of nitrogens with zero attached hydrogens (tertiary/aromatic N) is 5. The molecule has 8 nitrogen and oxygen atoms in total. The summed E-state index contributed by atoms with van der Waals surface area (Å²) in [6.07, 6.45) is 5.26. The second-order valence-electron chi connectivity index (χ2n) is 6.81. The number of aryl methyl sites for hydroxylation is 1. The Morgan fingerprint density at radius 3 is 2.84 bits per heavy atom. The molecular weight excluding hydrogens is 320 g/mol. The fourth-order valence-electron chi connectivity index (χ4n) is 3.60. The van der Waals surface area contributed by atoms with Gasteiger partial charge in [0.2, 0.25) is 0 Å². The molecule has 0 aromatic carbocycles. The van der Waals surface area contributed by atoms with Gasteiger partial charge in [-0.1, -0.05) is 0 Å². The number of rotatable bonds is 3. The van der Waals surface area contributed by atoms with Gasteiger partial charge in [-0.2, -0.15) is 5.10 Å². The van der Waals surface area contributed by atoms with Crippen molar-refractivity contribution < 1.29 is 9.59 Å². The van der Waals surface area contributed by atoms with Crippen LogP contribution in [0.2, 0.25) is 0 Å². The summed E-state index contributed by atoms with van der Waals surface area (Å²) in [5, 5.41) is 7.06. The standard InChI is InChI=1S/C17H22N6O2/c1-12-2-8-23-15(20-12)14(10-19-23)16(24)21-6-3-13(4-7-21)11-22-9-5-18-17(22)25/h2,8,10,13H,3-7,9,11H2,1H3,(H,18,25). The zero-order valence-corrected chi connectivity index (χ0v) is 14.3. The molecule has 3 amide bonds. The molecule has 0 atom stereocenters. The van der Waals surface area contributed by atoms with Crippen LogP contribution in [0.15, 0.2) is 18.5 Å². The second kappa shape index (κ2) is 6.34. The van der Waals surface area contributed by atoms with Crippen LogP contribution in [0.5, 0.6) is 0 Å². The van der Waals surface area contributed by atoms with Crippen molar-refractivity contribution in [3.05, 3.63) is 29.7 Å². The van der Waals surface area contributed by atoms with Crippen LogP contribution in [-0.4, -0.2) is 69.1 Å². The zero-order valence-electron chi connectivity index (χ0n) is 14.3. The summed E-state index contributed by atoms with van der Waals surface area (Å²) in [5.41, 5.74) is 2.03. The molecule has 0 unspecified atom stereocenters. The third-order valence-corrected chi connectivity index (χ3v) is 5.06. The first kappa shape index (κ1) is 15.9. The first-order valence-electron chi connectivity index (χ1n) is 8.75. The number of nitrogens with one attached hydrogen (secondary N) is 1. The van der Waals surface area contributed by atoms with Crippen LogP contribution >= 0.6 is 0 Å². The fraction of sp³-hybridized carbons (Fsp3) is 0.529. The van der Waals surface area contributed by atoms with E-state index in [1.807, 2.05) is 29.0 Å². The van der Waals surface area contributed by atoms with E-state index in [9.17, 15) is 9.59 Å². The van der Waals surface area contributed by atoms with E-state index >= 15 is 0 Å². The lowest BCUT2D eigenvalue weighted by Crippen LogP contribution is -2.42. The molecule has 8 heteroatoms. The fourth-order valence-corrected chi connectivity index (χ4v) is 3.60. The predicted octanol–water partition coefficient (Wildman–Crippen LogP) is 0.915. The molecular formula is C17H22N6O2. The highest BCUT2D eigenvalue weighted by molar-refractivity contribution is 5.99. The van der Waals surface area contributed by atoms with Gasteiger partial charge in [0.25, 0.3) is 5.91 Å². The average Bonchev–Trinajstić information content (AvgIpc) is 3.21. The molecule has 2 aliphatic rings. The number of piperidine rings is 1. The van der Waals surface area contributed by atoms with Gasteiger partial charge in [-0.3, -0.25) is 4.79 Å². The molecule has 0 bridgehead atoms. The van der Waals surface area contributed by atoms with Crippen molar-refractivity contribution >= 4 is 17.6 Å². The van der Waals surface area contributed by atoms with Crippen molar-refractivity contribution in [3.63, 3.8) is 0 Å². The van der Waals surface area contributed by atoms with Gasteiger partial charge >= 0.3 is 6.03 Å². The highest BCUT2D eigenvalue weighted by Crippen LogP contribution is 2.22. The van der Waals surface area contributed by atoms with E-state index in [1.165, 1.54) is 0 Å². The van der Waals surface area contributed by atoms with Crippen molar-refractivity contribution in [2.24, 2.45) is 5.92 Å². The van der Waals surface area contributed by atoms with Crippen molar-refractivity contribution in [2.75, 3.05) is 32.7 Å². The first-order chi connectivity index (χ1) is 12.1. The van der Waals surface area contributed by atoms with Gasteiger partial charge in [0.1, 0.15) is 5.56 Å². The van der Waals surface area contributed by atoms with Crippen LogP contribution in [0.25, 0.3) is 5.65 Å². The van der Waals surface area contributed by atoms with Crippen molar-refractivity contribution in [1.82, 2.24) is 29.7 Å². The summed E-state index contributed by atoms with van der Waals surface area (Å²) in [6.45, 7) is 5.62. The summed E-state index contributed by atoms with van der Waals surface area (Å²) in [6, 6.07) is 1.90. The van der Waals surface area contributed by atoms with Crippen LogP contribution in [-0.2, 0) is 0 Å². The van der Waals surface area contributed by atoms with Gasteiger partial charge < -0.3 is 15.1 Å². The largest absolute Gasteiger partial charge is 0.338 e. The monoisotopic (exact) mass is 342 g/mol. The SMILES string of the molecule is Cc1ccn2ncc(C(=O)N3CCC(CN4CCNC4=O)CC3)c2n1. The number of urea groups is 1. The molecule has 4 heterocycles. The molecule has 0 radical (unpaired) electrons. The Morgan fingerprint density at radius 2 is 2.12 bits per heavy atom. The van der Waals surface area contributed by atoms with Gasteiger partial charge in [0.05, 0.1) is 6.20 Å².